The molecule has 0 aliphatic carbocycles. The second-order valence-corrected chi connectivity index (χ2v) is 3.70. The molecule has 7 heteroatoms. The van der Waals surface area contributed by atoms with Crippen LogP contribution in [0.4, 0.5) is 11.6 Å². The number of aryl methyl sites for hydroxylation is 2. The number of rotatable bonds is 4. The zero-order chi connectivity index (χ0) is 12.3. The van der Waals surface area contributed by atoms with Crippen molar-refractivity contribution < 1.29 is 0 Å². The molecule has 0 spiro atoms. The molecule has 0 aliphatic rings. The minimum absolute atomic E-state index is 0.574. The molecule has 2 aromatic rings. The highest BCUT2D eigenvalue weighted by molar-refractivity contribution is 5.45. The number of aromatic nitrogens is 4. The lowest BCUT2D eigenvalue weighted by molar-refractivity contribution is 0.756. The SMILES string of the molecule is Cc1nn(C)cc1CNc1cc(NN)ncn1. The molecule has 0 aromatic carbocycles. The van der Waals surface area contributed by atoms with E-state index in [2.05, 4.69) is 25.8 Å². The molecule has 0 saturated heterocycles. The van der Waals surface area contributed by atoms with E-state index in [-0.39, 0.29) is 0 Å². The summed E-state index contributed by atoms with van der Waals surface area (Å²) in [5.74, 6) is 6.57. The van der Waals surface area contributed by atoms with Crippen LogP contribution in [0.25, 0.3) is 0 Å². The molecule has 0 radical (unpaired) electrons. The number of anilines is 2. The van der Waals surface area contributed by atoms with Crippen LogP contribution in [0.1, 0.15) is 11.3 Å². The van der Waals surface area contributed by atoms with E-state index >= 15 is 0 Å². The molecular weight excluding hydrogens is 218 g/mol. The predicted octanol–water partition coefficient (Wildman–Crippen LogP) is 0.416. The van der Waals surface area contributed by atoms with Gasteiger partial charge in [-0.1, -0.05) is 0 Å². The summed E-state index contributed by atoms with van der Waals surface area (Å²) in [6, 6.07) is 1.74. The van der Waals surface area contributed by atoms with Crippen molar-refractivity contribution in [3.05, 3.63) is 29.8 Å². The lowest BCUT2D eigenvalue weighted by atomic mass is 10.2. The van der Waals surface area contributed by atoms with Gasteiger partial charge in [0.1, 0.15) is 18.0 Å². The minimum Gasteiger partial charge on any atom is -0.366 e. The highest BCUT2D eigenvalue weighted by Gasteiger charge is 2.03. The highest BCUT2D eigenvalue weighted by atomic mass is 15.3. The third kappa shape index (κ3) is 2.70. The van der Waals surface area contributed by atoms with Crippen LogP contribution < -0.4 is 16.6 Å². The van der Waals surface area contributed by atoms with Crippen molar-refractivity contribution in [2.45, 2.75) is 13.5 Å². The standard InChI is InChI=1S/C10H15N7/c1-7-8(5-17(2)16-7)4-12-9-3-10(15-11)14-6-13-9/h3,5-6H,4,11H2,1-2H3,(H2,12,13,14,15). The maximum Gasteiger partial charge on any atom is 0.145 e. The molecule has 0 aliphatic heterocycles. The van der Waals surface area contributed by atoms with Crippen LogP contribution in [0.2, 0.25) is 0 Å². The summed E-state index contributed by atoms with van der Waals surface area (Å²) in [7, 11) is 1.90. The summed E-state index contributed by atoms with van der Waals surface area (Å²) < 4.78 is 1.79. The van der Waals surface area contributed by atoms with Crippen molar-refractivity contribution in [2.24, 2.45) is 12.9 Å². The van der Waals surface area contributed by atoms with Crippen LogP contribution in [0.15, 0.2) is 18.6 Å². The van der Waals surface area contributed by atoms with Crippen LogP contribution >= 0.6 is 0 Å². The lowest BCUT2D eigenvalue weighted by Crippen LogP contribution is -2.10. The van der Waals surface area contributed by atoms with E-state index in [0.29, 0.717) is 12.4 Å². The number of hydrazine groups is 1. The lowest BCUT2D eigenvalue weighted by Gasteiger charge is -2.05. The van der Waals surface area contributed by atoms with Gasteiger partial charge in [-0.05, 0) is 6.92 Å². The van der Waals surface area contributed by atoms with Gasteiger partial charge in [-0.25, -0.2) is 15.8 Å². The Kier molecular flexibility index (Phi) is 3.20. The Morgan fingerprint density at radius 2 is 2.12 bits per heavy atom. The Hall–Kier alpha value is -2.15. The molecule has 90 valence electrons. The summed E-state index contributed by atoms with van der Waals surface area (Å²) in [5, 5.41) is 7.46. The van der Waals surface area contributed by atoms with Crippen LogP contribution in [-0.2, 0) is 13.6 Å². The molecule has 2 rings (SSSR count). The van der Waals surface area contributed by atoms with E-state index in [1.54, 1.807) is 10.7 Å². The third-order valence-corrected chi connectivity index (χ3v) is 2.39. The van der Waals surface area contributed by atoms with Crippen molar-refractivity contribution in [1.29, 1.82) is 0 Å². The van der Waals surface area contributed by atoms with Gasteiger partial charge in [-0.2, -0.15) is 5.10 Å². The van der Waals surface area contributed by atoms with Gasteiger partial charge in [0.15, 0.2) is 0 Å². The summed E-state index contributed by atoms with van der Waals surface area (Å²) in [6.07, 6.45) is 3.43. The van der Waals surface area contributed by atoms with Gasteiger partial charge in [0.2, 0.25) is 0 Å². The Balaban J connectivity index is 2.04. The molecular formula is C10H15N7. The predicted molar refractivity (Wildman–Crippen MR) is 65.1 cm³/mol. The van der Waals surface area contributed by atoms with Gasteiger partial charge in [0.25, 0.3) is 0 Å². The molecule has 0 fully saturated rings. The summed E-state index contributed by atoms with van der Waals surface area (Å²) in [4.78, 5) is 8.02. The van der Waals surface area contributed by atoms with Crippen molar-refractivity contribution in [1.82, 2.24) is 19.7 Å². The Bertz CT molecular complexity index is 505. The molecule has 0 unspecified atom stereocenters. The van der Waals surface area contributed by atoms with Gasteiger partial charge in [-0.3, -0.25) is 4.68 Å². The molecule has 4 N–H and O–H groups in total. The highest BCUT2D eigenvalue weighted by Crippen LogP contribution is 2.10. The number of nitrogens with one attached hydrogen (secondary N) is 2. The number of hydrogen-bond acceptors (Lipinski definition) is 6. The van der Waals surface area contributed by atoms with Gasteiger partial charge >= 0.3 is 0 Å². The Morgan fingerprint density at radius 3 is 2.76 bits per heavy atom. The fourth-order valence-electron chi connectivity index (χ4n) is 1.54. The third-order valence-electron chi connectivity index (χ3n) is 2.39. The zero-order valence-corrected chi connectivity index (χ0v) is 9.81. The van der Waals surface area contributed by atoms with Crippen LogP contribution in [0.3, 0.4) is 0 Å². The largest absolute Gasteiger partial charge is 0.366 e. The first-order valence-electron chi connectivity index (χ1n) is 5.20. The van der Waals surface area contributed by atoms with Gasteiger partial charge in [0, 0.05) is 31.4 Å². The van der Waals surface area contributed by atoms with Gasteiger partial charge in [0.05, 0.1) is 5.69 Å². The van der Waals surface area contributed by atoms with E-state index in [9.17, 15) is 0 Å². The van der Waals surface area contributed by atoms with Crippen molar-refractivity contribution >= 4 is 11.6 Å². The second-order valence-electron chi connectivity index (χ2n) is 3.70. The molecule has 0 atom stereocenters. The average molecular weight is 233 g/mol. The molecule has 0 bridgehead atoms. The van der Waals surface area contributed by atoms with Gasteiger partial charge < -0.3 is 10.7 Å². The molecule has 0 amide bonds. The second kappa shape index (κ2) is 4.79. The zero-order valence-electron chi connectivity index (χ0n) is 9.81. The van der Waals surface area contributed by atoms with Crippen LogP contribution in [0.5, 0.6) is 0 Å². The first-order chi connectivity index (χ1) is 8.19. The molecule has 0 saturated carbocycles. The van der Waals surface area contributed by atoms with Crippen LogP contribution in [-0.4, -0.2) is 19.7 Å². The fraction of sp³-hybridized carbons (Fsp3) is 0.300. The van der Waals surface area contributed by atoms with Crippen molar-refractivity contribution in [2.75, 3.05) is 10.7 Å². The monoisotopic (exact) mass is 233 g/mol. The quantitative estimate of drug-likeness (QED) is 0.523. The Morgan fingerprint density at radius 1 is 1.35 bits per heavy atom. The Labute approximate surface area is 99.0 Å². The molecule has 7 nitrogen and oxygen atoms in total. The normalized spacial score (nSPS) is 10.3. The molecule has 2 heterocycles. The average Bonchev–Trinajstić information content (AvgIpc) is 2.65. The smallest absolute Gasteiger partial charge is 0.145 e. The number of nitrogens with zero attached hydrogens (tertiary/aromatic N) is 4. The summed E-state index contributed by atoms with van der Waals surface area (Å²) >= 11 is 0. The van der Waals surface area contributed by atoms with Crippen LogP contribution in [0, 0.1) is 6.92 Å². The number of hydrogen-bond donors (Lipinski definition) is 3. The fourth-order valence-corrected chi connectivity index (χ4v) is 1.54. The first-order valence-corrected chi connectivity index (χ1v) is 5.20. The van der Waals surface area contributed by atoms with Crippen molar-refractivity contribution in [3.8, 4) is 0 Å². The van der Waals surface area contributed by atoms with E-state index in [0.717, 1.165) is 17.1 Å². The molecule has 17 heavy (non-hydrogen) atoms. The first kappa shape index (κ1) is 11.3. The maximum atomic E-state index is 5.27. The van der Waals surface area contributed by atoms with Crippen molar-refractivity contribution in [3.63, 3.8) is 0 Å². The van der Waals surface area contributed by atoms with E-state index < -0.39 is 0 Å². The van der Waals surface area contributed by atoms with E-state index in [4.69, 9.17) is 5.84 Å². The minimum atomic E-state index is 0.574. The van der Waals surface area contributed by atoms with E-state index in [1.807, 2.05) is 20.2 Å². The summed E-state index contributed by atoms with van der Waals surface area (Å²) in [6.45, 7) is 2.64. The number of nitrogen functional groups attached to an aromatic ring is 1. The summed E-state index contributed by atoms with van der Waals surface area (Å²) in [5.41, 5.74) is 4.61. The van der Waals surface area contributed by atoms with Gasteiger partial charge in [-0.15, -0.1) is 0 Å². The number of nitrogens with two attached hydrogens (primary N) is 1. The topological polar surface area (TPSA) is 93.7 Å². The van der Waals surface area contributed by atoms with E-state index in [1.165, 1.54) is 6.33 Å². The molecule has 2 aromatic heterocycles. The maximum absolute atomic E-state index is 5.27.